The fourth-order valence-corrected chi connectivity index (χ4v) is 3.76. The predicted molar refractivity (Wildman–Crippen MR) is 57.8 cm³/mol. The average molecular weight is 363 g/mol. The smallest absolute Gasteiger partial charge is 0.175 e. The van der Waals surface area contributed by atoms with Crippen LogP contribution in [0.5, 0.6) is 0 Å². The van der Waals surface area contributed by atoms with Crippen LogP contribution in [0, 0.1) is 0 Å². The van der Waals surface area contributed by atoms with Crippen LogP contribution >= 0.6 is 59.1 Å². The van der Waals surface area contributed by atoms with E-state index in [9.17, 15) is 4.79 Å². The summed E-state index contributed by atoms with van der Waals surface area (Å²) in [6, 6.07) is 1.82. The molecule has 0 N–H and O–H groups in total. The van der Waals surface area contributed by atoms with Crippen LogP contribution in [0.15, 0.2) is 13.6 Å². The van der Waals surface area contributed by atoms with E-state index in [0.29, 0.717) is 5.33 Å². The van der Waals surface area contributed by atoms with Gasteiger partial charge in [-0.3, -0.25) is 4.79 Å². The summed E-state index contributed by atoms with van der Waals surface area (Å²) in [6.45, 7) is 0. The van der Waals surface area contributed by atoms with E-state index in [1.165, 1.54) is 11.3 Å². The van der Waals surface area contributed by atoms with Crippen LogP contribution in [0.3, 0.4) is 0 Å². The minimum atomic E-state index is 0.0961. The quantitative estimate of drug-likeness (QED) is 0.577. The van der Waals surface area contributed by atoms with E-state index in [1.54, 1.807) is 0 Å². The molecule has 0 aliphatic carbocycles. The van der Waals surface area contributed by atoms with Crippen molar-refractivity contribution in [2.75, 3.05) is 5.33 Å². The number of ketones is 1. The van der Waals surface area contributed by atoms with Gasteiger partial charge in [0.15, 0.2) is 5.78 Å². The van der Waals surface area contributed by atoms with Crippen molar-refractivity contribution in [1.82, 2.24) is 0 Å². The van der Waals surface area contributed by atoms with Crippen molar-refractivity contribution in [3.8, 4) is 0 Å². The third-order valence-corrected chi connectivity index (χ3v) is 3.93. The third-order valence-electron chi connectivity index (χ3n) is 1.08. The Morgan fingerprint density at radius 2 is 2.18 bits per heavy atom. The molecule has 1 nitrogen and oxygen atoms in total. The van der Waals surface area contributed by atoms with Crippen molar-refractivity contribution in [2.24, 2.45) is 0 Å². The van der Waals surface area contributed by atoms with E-state index in [4.69, 9.17) is 0 Å². The first kappa shape index (κ1) is 9.89. The van der Waals surface area contributed by atoms with Gasteiger partial charge in [-0.05, 0) is 37.9 Å². The maximum absolute atomic E-state index is 11.2. The first-order valence-electron chi connectivity index (χ1n) is 2.69. The molecule has 1 rings (SSSR count). The van der Waals surface area contributed by atoms with Crippen molar-refractivity contribution in [1.29, 1.82) is 0 Å². The van der Waals surface area contributed by atoms with Gasteiger partial charge in [-0.1, -0.05) is 15.9 Å². The first-order chi connectivity index (χ1) is 5.15. The van der Waals surface area contributed by atoms with Gasteiger partial charge in [-0.15, -0.1) is 11.3 Å². The summed E-state index contributed by atoms with van der Waals surface area (Å²) in [5.41, 5.74) is 0.735. The Kier molecular flexibility index (Phi) is 3.74. The molecule has 0 radical (unpaired) electrons. The van der Waals surface area contributed by atoms with Crippen LogP contribution in [-0.4, -0.2) is 11.1 Å². The monoisotopic (exact) mass is 360 g/mol. The zero-order chi connectivity index (χ0) is 8.43. The highest BCUT2D eigenvalue weighted by molar-refractivity contribution is 9.12. The summed E-state index contributed by atoms with van der Waals surface area (Å²) in [5.74, 6) is 0.0961. The predicted octanol–water partition coefficient (Wildman–Crippen LogP) is 3.85. The second kappa shape index (κ2) is 4.16. The van der Waals surface area contributed by atoms with Crippen LogP contribution in [-0.2, 0) is 0 Å². The number of carbonyl (C=O) groups excluding carboxylic acids is 1. The van der Waals surface area contributed by atoms with Gasteiger partial charge in [0, 0.05) is 5.56 Å². The molecular formula is C6H3Br3OS. The van der Waals surface area contributed by atoms with E-state index >= 15 is 0 Å². The Morgan fingerprint density at radius 1 is 1.55 bits per heavy atom. The molecule has 11 heavy (non-hydrogen) atoms. The minimum absolute atomic E-state index is 0.0961. The van der Waals surface area contributed by atoms with Gasteiger partial charge in [-0.25, -0.2) is 0 Å². The summed E-state index contributed by atoms with van der Waals surface area (Å²) in [4.78, 5) is 11.2. The van der Waals surface area contributed by atoms with E-state index in [0.717, 1.165) is 13.1 Å². The fraction of sp³-hybridized carbons (Fsp3) is 0.167. The lowest BCUT2D eigenvalue weighted by Gasteiger charge is -1.90. The van der Waals surface area contributed by atoms with Gasteiger partial charge in [0.1, 0.15) is 0 Å². The normalized spacial score (nSPS) is 10.1. The van der Waals surface area contributed by atoms with E-state index in [2.05, 4.69) is 47.8 Å². The average Bonchev–Trinajstić information content (AvgIpc) is 2.28. The molecule has 0 unspecified atom stereocenters. The van der Waals surface area contributed by atoms with Gasteiger partial charge < -0.3 is 0 Å². The molecule has 0 amide bonds. The van der Waals surface area contributed by atoms with Crippen LogP contribution in [0.25, 0.3) is 0 Å². The van der Waals surface area contributed by atoms with Gasteiger partial charge in [0.05, 0.1) is 12.9 Å². The first-order valence-corrected chi connectivity index (χ1v) is 6.21. The largest absolute Gasteiger partial charge is 0.293 e. The topological polar surface area (TPSA) is 17.1 Å². The molecule has 0 aromatic carbocycles. The zero-order valence-corrected chi connectivity index (χ0v) is 10.8. The number of alkyl halides is 1. The number of hydrogen-bond donors (Lipinski definition) is 0. The Balaban J connectivity index is 3.03. The van der Waals surface area contributed by atoms with Crippen molar-refractivity contribution in [3.05, 3.63) is 19.2 Å². The highest BCUT2D eigenvalue weighted by Crippen LogP contribution is 2.32. The number of carbonyl (C=O) groups is 1. The number of halogens is 3. The van der Waals surface area contributed by atoms with Gasteiger partial charge in [0.2, 0.25) is 0 Å². The van der Waals surface area contributed by atoms with E-state index in [1.807, 2.05) is 6.07 Å². The fourth-order valence-electron chi connectivity index (χ4n) is 0.602. The van der Waals surface area contributed by atoms with Crippen molar-refractivity contribution in [3.63, 3.8) is 0 Å². The summed E-state index contributed by atoms with van der Waals surface area (Å²) < 4.78 is 1.85. The van der Waals surface area contributed by atoms with Crippen LogP contribution in [0.1, 0.15) is 10.4 Å². The molecule has 0 spiro atoms. The summed E-state index contributed by atoms with van der Waals surface area (Å²) >= 11 is 11.2. The van der Waals surface area contributed by atoms with Crippen LogP contribution < -0.4 is 0 Å². The molecule has 60 valence electrons. The Morgan fingerprint density at radius 3 is 2.55 bits per heavy atom. The lowest BCUT2D eigenvalue weighted by Crippen LogP contribution is -1.97. The molecule has 1 heterocycles. The molecule has 0 fully saturated rings. The third kappa shape index (κ3) is 2.37. The standard InChI is InChI=1S/C6H3Br3OS/c7-2-4(10)3-1-5(8)11-6(3)9/h1H,2H2. The minimum Gasteiger partial charge on any atom is -0.293 e. The molecule has 5 heteroatoms. The Labute approximate surface area is 93.6 Å². The SMILES string of the molecule is O=C(CBr)c1cc(Br)sc1Br. The second-order valence-electron chi connectivity index (χ2n) is 1.79. The highest BCUT2D eigenvalue weighted by atomic mass is 79.9. The summed E-state index contributed by atoms with van der Waals surface area (Å²) in [7, 11) is 0. The molecule has 0 aliphatic heterocycles. The van der Waals surface area contributed by atoms with Crippen LogP contribution in [0.2, 0.25) is 0 Å². The van der Waals surface area contributed by atoms with E-state index in [-0.39, 0.29) is 5.78 Å². The summed E-state index contributed by atoms with van der Waals surface area (Å²) in [5, 5.41) is 0.370. The molecule has 1 aromatic rings. The van der Waals surface area contributed by atoms with Crippen molar-refractivity contribution < 1.29 is 4.79 Å². The number of hydrogen-bond acceptors (Lipinski definition) is 2. The summed E-state index contributed by atoms with van der Waals surface area (Å²) in [6.07, 6.45) is 0. The highest BCUT2D eigenvalue weighted by Gasteiger charge is 2.11. The number of rotatable bonds is 2. The molecule has 0 saturated heterocycles. The van der Waals surface area contributed by atoms with Crippen molar-refractivity contribution in [2.45, 2.75) is 0 Å². The van der Waals surface area contributed by atoms with Gasteiger partial charge in [0.25, 0.3) is 0 Å². The Hall–Kier alpha value is 0.810. The molecule has 0 saturated carbocycles. The molecule has 0 atom stereocenters. The number of Topliss-reactive ketones (excluding diaryl/α,β-unsaturated/α-hetero) is 1. The molecule has 0 aliphatic rings. The van der Waals surface area contributed by atoms with Gasteiger partial charge in [-0.2, -0.15) is 0 Å². The second-order valence-corrected chi connectivity index (χ2v) is 6.10. The lowest BCUT2D eigenvalue weighted by molar-refractivity contribution is 0.102. The molecule has 1 aromatic heterocycles. The van der Waals surface area contributed by atoms with E-state index < -0.39 is 0 Å². The maximum atomic E-state index is 11.2. The van der Waals surface area contributed by atoms with Gasteiger partial charge >= 0.3 is 0 Å². The van der Waals surface area contributed by atoms with Crippen molar-refractivity contribution >= 4 is 64.9 Å². The van der Waals surface area contributed by atoms with Crippen LogP contribution in [0.4, 0.5) is 0 Å². The Bertz CT molecular complexity index is 281. The zero-order valence-electron chi connectivity index (χ0n) is 5.23. The molecule has 0 bridgehead atoms. The lowest BCUT2D eigenvalue weighted by atomic mass is 10.2. The molecular weight excluding hydrogens is 360 g/mol. The number of thiophene rings is 1. The maximum Gasteiger partial charge on any atom is 0.175 e.